The number of ether oxygens (including phenoxy) is 1. The van der Waals surface area contributed by atoms with Crippen LogP contribution in [0.4, 0.5) is 26.3 Å². The van der Waals surface area contributed by atoms with E-state index in [1.807, 2.05) is 25.3 Å². The molecule has 2 aromatic heterocycles. The molecular weight excluding hydrogens is 775 g/mol. The number of hydrogen-bond donors (Lipinski definition) is 0. The van der Waals surface area contributed by atoms with Crippen molar-refractivity contribution in [3.63, 3.8) is 0 Å². The number of nitrogens with zero attached hydrogens (tertiary/aromatic N) is 4. The zero-order chi connectivity index (χ0) is 41.1. The zero-order valence-corrected chi connectivity index (χ0v) is 34.6. The van der Waals surface area contributed by atoms with Gasteiger partial charge < -0.3 is 18.6 Å². The average molecular weight is 821 g/mol. The quantitative estimate of drug-likeness (QED) is 0.130. The lowest BCUT2D eigenvalue weighted by atomic mass is 9.58. The SMILES string of the molecule is CN1C(=O)c2cccc(OC(F)F)c2[C@H]2C[C@@H]1c1nc3ccc(-c4cnc(C5(C[S@](=O)C(C)(C)C)CC(O[Si](C)(C)C(C)(C)C)(C(F)(F)F)C5)c(F)c4)cc3n12. The van der Waals surface area contributed by atoms with Crippen LogP contribution in [0.25, 0.3) is 22.2 Å². The molecular formula is C40H46F6N4O4SSi. The molecule has 1 amide bonds. The van der Waals surface area contributed by atoms with Crippen LogP contribution in [0.3, 0.4) is 0 Å². The minimum atomic E-state index is -4.77. The van der Waals surface area contributed by atoms with Crippen LogP contribution in [-0.2, 0) is 20.6 Å². The molecule has 3 aliphatic rings. The predicted octanol–water partition coefficient (Wildman–Crippen LogP) is 9.86. The Bertz CT molecular complexity index is 2260. The molecule has 1 fully saturated rings. The largest absolute Gasteiger partial charge is 0.434 e. The summed E-state index contributed by atoms with van der Waals surface area (Å²) in [5.41, 5.74) is -1.68. The number of carbonyl (C=O) groups is 1. The number of halogens is 6. The van der Waals surface area contributed by atoms with Gasteiger partial charge in [-0.2, -0.15) is 22.0 Å². The van der Waals surface area contributed by atoms with Crippen LogP contribution in [0.1, 0.15) is 100 Å². The van der Waals surface area contributed by atoms with Gasteiger partial charge in [0.25, 0.3) is 5.91 Å². The fraction of sp³-hybridized carbons (Fsp3) is 0.525. The minimum absolute atomic E-state index is 0.112. The van der Waals surface area contributed by atoms with Gasteiger partial charge in [-0.3, -0.25) is 14.0 Å². The van der Waals surface area contributed by atoms with Crippen molar-refractivity contribution in [1.29, 1.82) is 0 Å². The molecule has 1 saturated carbocycles. The molecule has 302 valence electrons. The standard InChI is InChI=1S/C40H46F6N4O4SSi/c1-36(2,3)55(52)21-38(19-39(20-38,40(44,45)46)54-56(8,9)37(4,5)6)32-25(41)15-23(18-47-32)22-13-14-26-27(16-22)50-28-17-29(33(50)48-26)49(7)34(51)24-11-10-12-30(31(24)28)53-35(42)43/h10-16,18,28-29,35H,17,19-21H2,1-9H3/t28-,29-,38?,39?,55+/m1/s1. The number of fused-ring (bicyclic) bond motifs is 9. The summed E-state index contributed by atoms with van der Waals surface area (Å²) in [6, 6.07) is 9.88. The van der Waals surface area contributed by atoms with Crippen molar-refractivity contribution in [2.24, 2.45) is 0 Å². The number of imidazole rings is 1. The molecule has 4 aromatic rings. The van der Waals surface area contributed by atoms with E-state index in [0.29, 0.717) is 40.0 Å². The molecule has 0 saturated heterocycles. The molecule has 8 nitrogen and oxygen atoms in total. The Hall–Kier alpha value is -3.76. The molecule has 4 heterocycles. The third-order valence-electron chi connectivity index (χ3n) is 12.2. The molecule has 0 spiro atoms. The number of aromatic nitrogens is 3. The number of hydrogen-bond acceptors (Lipinski definition) is 6. The van der Waals surface area contributed by atoms with E-state index in [1.165, 1.54) is 24.4 Å². The van der Waals surface area contributed by atoms with Gasteiger partial charge in [0, 0.05) is 63.1 Å². The van der Waals surface area contributed by atoms with E-state index >= 15 is 17.6 Å². The summed E-state index contributed by atoms with van der Waals surface area (Å²) in [5.74, 6) is -0.959. The first-order valence-electron chi connectivity index (χ1n) is 18.5. The van der Waals surface area contributed by atoms with Gasteiger partial charge in [0.05, 0.1) is 28.8 Å². The third kappa shape index (κ3) is 6.47. The highest BCUT2D eigenvalue weighted by molar-refractivity contribution is 7.86. The van der Waals surface area contributed by atoms with E-state index in [0.717, 1.165) is 0 Å². The fourth-order valence-electron chi connectivity index (χ4n) is 8.26. The van der Waals surface area contributed by atoms with E-state index < -0.39 is 83.4 Å². The number of rotatable bonds is 8. The maximum Gasteiger partial charge on any atom is 0.416 e. The first-order chi connectivity index (χ1) is 25.8. The van der Waals surface area contributed by atoms with E-state index in [2.05, 4.69) is 4.98 Å². The van der Waals surface area contributed by atoms with Crippen molar-refractivity contribution in [2.75, 3.05) is 12.8 Å². The van der Waals surface area contributed by atoms with Crippen molar-refractivity contribution in [1.82, 2.24) is 19.4 Å². The molecule has 0 unspecified atom stereocenters. The lowest BCUT2D eigenvalue weighted by molar-refractivity contribution is -0.295. The van der Waals surface area contributed by atoms with Gasteiger partial charge in [-0.15, -0.1) is 0 Å². The van der Waals surface area contributed by atoms with Crippen molar-refractivity contribution < 1.29 is 44.5 Å². The molecule has 7 rings (SSSR count). The van der Waals surface area contributed by atoms with Crippen LogP contribution < -0.4 is 4.74 Å². The second-order valence-electron chi connectivity index (χ2n) is 18.0. The van der Waals surface area contributed by atoms with Crippen LogP contribution >= 0.6 is 0 Å². The first-order valence-corrected chi connectivity index (χ1v) is 22.7. The summed E-state index contributed by atoms with van der Waals surface area (Å²) in [6.45, 7) is 11.1. The van der Waals surface area contributed by atoms with Crippen molar-refractivity contribution in [2.45, 2.75) is 120 Å². The Morgan fingerprint density at radius 1 is 1.00 bits per heavy atom. The number of benzene rings is 2. The minimum Gasteiger partial charge on any atom is -0.434 e. The summed E-state index contributed by atoms with van der Waals surface area (Å²) in [5, 5.41) is -0.532. The van der Waals surface area contributed by atoms with Crippen LogP contribution in [0, 0.1) is 5.82 Å². The van der Waals surface area contributed by atoms with E-state index in [9.17, 15) is 17.8 Å². The Morgan fingerprint density at radius 2 is 1.68 bits per heavy atom. The van der Waals surface area contributed by atoms with Gasteiger partial charge in [0.2, 0.25) is 0 Å². The topological polar surface area (TPSA) is 86.6 Å². The van der Waals surface area contributed by atoms with Crippen molar-refractivity contribution >= 4 is 36.1 Å². The molecule has 3 atom stereocenters. The summed E-state index contributed by atoms with van der Waals surface area (Å²) < 4.78 is 115. The molecule has 56 heavy (non-hydrogen) atoms. The normalized spacial score (nSPS) is 24.6. The lowest BCUT2D eigenvalue weighted by Gasteiger charge is -2.59. The van der Waals surface area contributed by atoms with Crippen LogP contribution in [-0.4, -0.2) is 73.8 Å². The van der Waals surface area contributed by atoms with E-state index in [4.69, 9.17) is 14.1 Å². The predicted molar refractivity (Wildman–Crippen MR) is 204 cm³/mol. The molecule has 16 heteroatoms. The van der Waals surface area contributed by atoms with Gasteiger partial charge in [-0.1, -0.05) is 32.9 Å². The first kappa shape index (κ1) is 40.4. The van der Waals surface area contributed by atoms with Gasteiger partial charge in [-0.25, -0.2) is 9.37 Å². The Kier molecular flexibility index (Phi) is 9.48. The molecule has 2 bridgehead atoms. The van der Waals surface area contributed by atoms with Crippen LogP contribution in [0.15, 0.2) is 48.7 Å². The highest BCUT2D eigenvalue weighted by atomic mass is 32.2. The van der Waals surface area contributed by atoms with E-state index in [1.54, 1.807) is 70.1 Å². The van der Waals surface area contributed by atoms with Crippen molar-refractivity contribution in [3.8, 4) is 16.9 Å². The van der Waals surface area contributed by atoms with Gasteiger partial charge >= 0.3 is 12.8 Å². The number of carbonyl (C=O) groups excluding carboxylic acids is 1. The molecule has 2 aromatic carbocycles. The Morgan fingerprint density at radius 3 is 2.27 bits per heavy atom. The van der Waals surface area contributed by atoms with Crippen LogP contribution in [0.2, 0.25) is 18.1 Å². The second-order valence-corrected chi connectivity index (χ2v) is 24.9. The average Bonchev–Trinajstić information content (AvgIpc) is 3.58. The highest BCUT2D eigenvalue weighted by Gasteiger charge is 2.72. The summed E-state index contributed by atoms with van der Waals surface area (Å²) in [7, 11) is -2.99. The Labute approximate surface area is 325 Å². The fourth-order valence-corrected chi connectivity index (χ4v) is 11.1. The van der Waals surface area contributed by atoms with E-state index in [-0.39, 0.29) is 28.7 Å². The maximum atomic E-state index is 16.6. The number of alkyl halides is 5. The lowest BCUT2D eigenvalue weighted by Crippen LogP contribution is -2.69. The van der Waals surface area contributed by atoms with Crippen molar-refractivity contribution in [3.05, 3.63) is 77.1 Å². The molecule has 1 aliphatic carbocycles. The maximum absolute atomic E-state index is 16.6. The van der Waals surface area contributed by atoms with Gasteiger partial charge in [0.15, 0.2) is 13.9 Å². The highest BCUT2D eigenvalue weighted by Crippen LogP contribution is 2.62. The van der Waals surface area contributed by atoms with Gasteiger partial charge in [0.1, 0.15) is 17.4 Å². The summed E-state index contributed by atoms with van der Waals surface area (Å²) in [6.07, 6.45) is -4.23. The molecule has 0 radical (unpaired) electrons. The summed E-state index contributed by atoms with van der Waals surface area (Å²) >= 11 is 0. The Balaban J connectivity index is 1.30. The van der Waals surface area contributed by atoms with Gasteiger partial charge in [-0.05, 0) is 87.6 Å². The third-order valence-corrected chi connectivity index (χ3v) is 18.9. The number of pyridine rings is 1. The zero-order valence-electron chi connectivity index (χ0n) is 32.8. The summed E-state index contributed by atoms with van der Waals surface area (Å²) in [4.78, 5) is 24.4. The molecule has 2 aliphatic heterocycles. The smallest absolute Gasteiger partial charge is 0.416 e. The second kappa shape index (κ2) is 13.1. The molecule has 0 N–H and O–H groups in total. The monoisotopic (exact) mass is 820 g/mol. The number of amides is 1. The van der Waals surface area contributed by atoms with Crippen LogP contribution in [0.5, 0.6) is 5.75 Å².